The summed E-state index contributed by atoms with van der Waals surface area (Å²) in [4.78, 5) is 19.4. The van der Waals surface area contributed by atoms with E-state index in [1.807, 2.05) is 11.0 Å². The number of carbonyl (C=O) groups is 1. The highest BCUT2D eigenvalue weighted by Crippen LogP contribution is 2.28. The van der Waals surface area contributed by atoms with Gasteiger partial charge in [-0.3, -0.25) is 10.4 Å². The fourth-order valence-electron chi connectivity index (χ4n) is 4.21. The van der Waals surface area contributed by atoms with Crippen molar-refractivity contribution < 1.29 is 14.6 Å². The van der Waals surface area contributed by atoms with Gasteiger partial charge in [-0.05, 0) is 54.5 Å². The molecule has 4 rings (SSSR count). The smallest absolute Gasteiger partial charge is 0.339 e. The second kappa shape index (κ2) is 11.2. The van der Waals surface area contributed by atoms with E-state index < -0.39 is 5.97 Å². The number of guanidine groups is 1. The highest BCUT2D eigenvalue weighted by atomic mass is 35.5. The number of carboxylic acid groups (broad SMARTS) is 1. The molecule has 2 aliphatic rings. The number of hydrogen-bond donors (Lipinski definition) is 3. The van der Waals surface area contributed by atoms with Crippen LogP contribution in [0.4, 0.5) is 5.69 Å². The third-order valence-corrected chi connectivity index (χ3v) is 6.00. The van der Waals surface area contributed by atoms with Gasteiger partial charge < -0.3 is 25.4 Å². The van der Waals surface area contributed by atoms with Gasteiger partial charge >= 0.3 is 5.97 Å². The summed E-state index contributed by atoms with van der Waals surface area (Å²) in [5.74, 6) is 0.447. The molecule has 0 atom stereocenters. The third-order valence-electron chi connectivity index (χ3n) is 6.00. The minimum absolute atomic E-state index is 0. The average Bonchev–Trinajstić information content (AvgIpc) is 2.77. The number of nitrogens with two attached hydrogens (primary N) is 1. The van der Waals surface area contributed by atoms with Gasteiger partial charge in [0.05, 0.1) is 12.3 Å². The Balaban J connectivity index is 0.00000181. The first-order valence-corrected chi connectivity index (χ1v) is 10.3. The number of nitrogens with one attached hydrogen (secondary N) is 1. The Morgan fingerprint density at radius 2 is 1.94 bits per heavy atom. The second-order valence-corrected chi connectivity index (χ2v) is 7.93. The van der Waals surface area contributed by atoms with Crippen LogP contribution in [0.2, 0.25) is 0 Å². The van der Waals surface area contributed by atoms with Gasteiger partial charge in [0.25, 0.3) is 0 Å². The molecule has 0 amide bonds. The summed E-state index contributed by atoms with van der Waals surface area (Å²) in [5.41, 5.74) is 9.08. The highest BCUT2D eigenvalue weighted by Gasteiger charge is 2.24. The largest absolute Gasteiger partial charge is 0.493 e. The van der Waals surface area contributed by atoms with Crippen LogP contribution in [0.15, 0.2) is 36.7 Å². The Kier molecular flexibility index (Phi) is 8.98. The molecule has 2 aliphatic heterocycles. The highest BCUT2D eigenvalue weighted by molar-refractivity contribution is 5.94. The molecule has 174 valence electrons. The van der Waals surface area contributed by atoms with E-state index >= 15 is 0 Å². The number of rotatable bonds is 5. The minimum Gasteiger partial charge on any atom is -0.493 e. The molecular formula is C22H29Cl2N5O3. The van der Waals surface area contributed by atoms with Crippen molar-refractivity contribution in [3.8, 4) is 5.75 Å². The van der Waals surface area contributed by atoms with E-state index in [0.29, 0.717) is 19.1 Å². The van der Waals surface area contributed by atoms with E-state index in [0.717, 1.165) is 50.3 Å². The Bertz CT molecular complexity index is 951. The summed E-state index contributed by atoms with van der Waals surface area (Å²) in [5, 5.41) is 17.0. The van der Waals surface area contributed by atoms with Crippen molar-refractivity contribution in [1.29, 1.82) is 5.41 Å². The van der Waals surface area contributed by atoms with Gasteiger partial charge in [0, 0.05) is 38.6 Å². The fourth-order valence-corrected chi connectivity index (χ4v) is 4.21. The lowest BCUT2D eigenvalue weighted by molar-refractivity contribution is 0.0697. The van der Waals surface area contributed by atoms with Crippen LogP contribution in [0, 0.1) is 11.3 Å². The van der Waals surface area contributed by atoms with Gasteiger partial charge in [-0.2, -0.15) is 0 Å². The zero-order valence-electron chi connectivity index (χ0n) is 17.7. The molecular weight excluding hydrogens is 453 g/mol. The molecule has 4 N–H and O–H groups in total. The lowest BCUT2D eigenvalue weighted by Gasteiger charge is -2.34. The van der Waals surface area contributed by atoms with Crippen LogP contribution in [-0.2, 0) is 13.0 Å². The number of benzene rings is 1. The fraction of sp³-hybridized carbons (Fsp3) is 0.409. The van der Waals surface area contributed by atoms with E-state index in [4.69, 9.17) is 15.9 Å². The predicted molar refractivity (Wildman–Crippen MR) is 129 cm³/mol. The van der Waals surface area contributed by atoms with Crippen molar-refractivity contribution in [3.63, 3.8) is 0 Å². The maximum Gasteiger partial charge on any atom is 0.339 e. The van der Waals surface area contributed by atoms with Crippen LogP contribution in [0.1, 0.15) is 34.3 Å². The van der Waals surface area contributed by atoms with Gasteiger partial charge in [-0.15, -0.1) is 24.8 Å². The number of aromatic carboxylic acids is 1. The number of nitrogens with zero attached hydrogens (tertiary/aromatic N) is 3. The van der Waals surface area contributed by atoms with Crippen LogP contribution in [0.3, 0.4) is 0 Å². The normalized spacial score (nSPS) is 15.8. The molecule has 1 fully saturated rings. The van der Waals surface area contributed by atoms with Crippen LogP contribution in [0.25, 0.3) is 0 Å². The molecule has 10 heteroatoms. The average molecular weight is 482 g/mol. The van der Waals surface area contributed by atoms with Crippen LogP contribution < -0.4 is 15.4 Å². The number of carboxylic acids is 1. The number of hydrogen-bond acceptors (Lipinski definition) is 5. The summed E-state index contributed by atoms with van der Waals surface area (Å²) >= 11 is 0. The maximum atomic E-state index is 11.4. The first kappa shape index (κ1) is 25.5. The number of fused-ring (bicyclic) bond motifs is 1. The van der Waals surface area contributed by atoms with Crippen LogP contribution in [0.5, 0.6) is 5.75 Å². The SMILES string of the molecule is Cl.Cl.N=C(N)N1CCc2ccc(OCC3CCN(c4ccncc4C(=O)O)CC3)cc2C1. The number of ether oxygens (including phenoxy) is 1. The predicted octanol–water partition coefficient (Wildman–Crippen LogP) is 3.17. The van der Waals surface area contributed by atoms with Gasteiger partial charge in [-0.1, -0.05) is 6.07 Å². The second-order valence-electron chi connectivity index (χ2n) is 7.93. The summed E-state index contributed by atoms with van der Waals surface area (Å²) < 4.78 is 6.08. The monoisotopic (exact) mass is 481 g/mol. The standard InChI is InChI=1S/C22H27N5O3.2ClH/c23-22(24)27-10-6-16-1-2-18(11-17(16)13-27)30-14-15-4-8-26(9-5-15)20-3-7-25-12-19(20)21(28)29;;/h1-3,7,11-12,15H,4-6,8-10,13-14H2,(H3,23,24)(H,28,29);2*1H. The first-order chi connectivity index (χ1) is 14.5. The van der Waals surface area contributed by atoms with E-state index in [9.17, 15) is 9.90 Å². The zero-order valence-corrected chi connectivity index (χ0v) is 19.3. The minimum atomic E-state index is -0.945. The summed E-state index contributed by atoms with van der Waals surface area (Å²) in [7, 11) is 0. The molecule has 0 bridgehead atoms. The van der Waals surface area contributed by atoms with Gasteiger partial charge in [0.2, 0.25) is 0 Å². The molecule has 3 heterocycles. The van der Waals surface area contributed by atoms with Crippen molar-refractivity contribution >= 4 is 42.4 Å². The van der Waals surface area contributed by atoms with Crippen LogP contribution >= 0.6 is 24.8 Å². The Morgan fingerprint density at radius 3 is 2.62 bits per heavy atom. The molecule has 1 aromatic carbocycles. The van der Waals surface area contributed by atoms with Gasteiger partial charge in [0.1, 0.15) is 11.3 Å². The third kappa shape index (κ3) is 5.75. The van der Waals surface area contributed by atoms with E-state index in [-0.39, 0.29) is 36.3 Å². The van der Waals surface area contributed by atoms with E-state index in [2.05, 4.69) is 22.0 Å². The van der Waals surface area contributed by atoms with E-state index in [1.54, 1.807) is 12.3 Å². The topological polar surface area (TPSA) is 116 Å². The molecule has 0 radical (unpaired) electrons. The Morgan fingerprint density at radius 1 is 1.19 bits per heavy atom. The quantitative estimate of drug-likeness (QED) is 0.443. The van der Waals surface area contributed by atoms with Crippen molar-refractivity contribution in [2.75, 3.05) is 31.1 Å². The zero-order chi connectivity index (χ0) is 21.1. The summed E-state index contributed by atoms with van der Waals surface area (Å²) in [6.07, 6.45) is 5.84. The van der Waals surface area contributed by atoms with Gasteiger partial charge in [-0.25, -0.2) is 4.79 Å². The Labute approximate surface area is 200 Å². The lowest BCUT2D eigenvalue weighted by Crippen LogP contribution is -2.40. The van der Waals surface area contributed by atoms with Crippen molar-refractivity contribution in [2.24, 2.45) is 11.7 Å². The number of aromatic nitrogens is 1. The number of piperidine rings is 1. The molecule has 1 saturated heterocycles. The molecule has 1 aromatic heterocycles. The lowest BCUT2D eigenvalue weighted by atomic mass is 9.96. The van der Waals surface area contributed by atoms with Crippen molar-refractivity contribution in [3.05, 3.63) is 53.3 Å². The van der Waals surface area contributed by atoms with E-state index in [1.165, 1.54) is 17.3 Å². The molecule has 8 nitrogen and oxygen atoms in total. The number of anilines is 1. The number of halogens is 2. The molecule has 0 unspecified atom stereocenters. The Hall–Kier alpha value is -2.71. The molecule has 0 saturated carbocycles. The summed E-state index contributed by atoms with van der Waals surface area (Å²) in [6.45, 7) is 3.68. The maximum absolute atomic E-state index is 11.4. The van der Waals surface area contributed by atoms with Crippen molar-refractivity contribution in [2.45, 2.75) is 25.8 Å². The van der Waals surface area contributed by atoms with Crippen LogP contribution in [-0.4, -0.2) is 53.2 Å². The van der Waals surface area contributed by atoms with Crippen molar-refractivity contribution in [1.82, 2.24) is 9.88 Å². The molecule has 0 spiro atoms. The molecule has 2 aromatic rings. The first-order valence-electron chi connectivity index (χ1n) is 10.3. The molecule has 0 aliphatic carbocycles. The van der Waals surface area contributed by atoms with Gasteiger partial charge in [0.15, 0.2) is 5.96 Å². The summed E-state index contributed by atoms with van der Waals surface area (Å²) in [6, 6.07) is 7.97. The number of pyridine rings is 1. The molecule has 32 heavy (non-hydrogen) atoms.